The molecule has 1 amide bonds. The van der Waals surface area contributed by atoms with E-state index in [2.05, 4.69) is 11.7 Å². The van der Waals surface area contributed by atoms with Gasteiger partial charge in [-0.1, -0.05) is 13.3 Å². The number of unbranched alkanes of at least 4 members (excludes halogenated alkanes) is 1. The van der Waals surface area contributed by atoms with Gasteiger partial charge in [-0.15, -0.1) is 0 Å². The molecule has 0 aliphatic carbocycles. The average Bonchev–Trinajstić information content (AvgIpc) is 2.65. The highest BCUT2D eigenvalue weighted by atomic mass is 16.5. The minimum atomic E-state index is -0.326. The fraction of sp³-hybridized carbons (Fsp3) is 0.474. The lowest BCUT2D eigenvalue weighted by Crippen LogP contribution is -2.32. The number of hydrogen-bond donors (Lipinski definition) is 0. The van der Waals surface area contributed by atoms with Gasteiger partial charge < -0.3 is 19.1 Å². The Hall–Kier alpha value is -2.50. The second kappa shape index (κ2) is 11.1. The van der Waals surface area contributed by atoms with Gasteiger partial charge in [0, 0.05) is 24.7 Å². The number of nitrogens with zero attached hydrogens (tertiary/aromatic N) is 1. The van der Waals surface area contributed by atoms with Crippen molar-refractivity contribution in [2.24, 2.45) is 0 Å². The summed E-state index contributed by atoms with van der Waals surface area (Å²) in [5.74, 6) is 0.857. The van der Waals surface area contributed by atoms with Crippen LogP contribution in [0.4, 0.5) is 0 Å². The van der Waals surface area contributed by atoms with E-state index >= 15 is 0 Å². The van der Waals surface area contributed by atoms with Crippen LogP contribution < -0.4 is 9.47 Å². The molecular formula is C19H27NO5. The molecule has 0 bridgehead atoms. The summed E-state index contributed by atoms with van der Waals surface area (Å²) < 4.78 is 15.2. The molecule has 0 aliphatic rings. The lowest BCUT2D eigenvalue weighted by molar-refractivity contribution is -0.141. The minimum Gasteiger partial charge on any atom is -0.497 e. The fourth-order valence-electron chi connectivity index (χ4n) is 2.25. The van der Waals surface area contributed by atoms with Gasteiger partial charge in [-0.05, 0) is 30.7 Å². The van der Waals surface area contributed by atoms with Gasteiger partial charge in [0.2, 0.25) is 5.91 Å². The molecule has 0 aliphatic heterocycles. The van der Waals surface area contributed by atoms with Crippen LogP contribution in [0.1, 0.15) is 31.7 Å². The second-order valence-corrected chi connectivity index (χ2v) is 5.45. The zero-order valence-corrected chi connectivity index (χ0v) is 15.4. The second-order valence-electron chi connectivity index (χ2n) is 5.45. The first-order valence-electron chi connectivity index (χ1n) is 8.31. The third-order valence-electron chi connectivity index (χ3n) is 3.75. The maximum absolute atomic E-state index is 12.5. The largest absolute Gasteiger partial charge is 0.497 e. The maximum Gasteiger partial charge on any atom is 0.307 e. The van der Waals surface area contributed by atoms with Crippen molar-refractivity contribution in [1.29, 1.82) is 0 Å². The maximum atomic E-state index is 12.5. The summed E-state index contributed by atoms with van der Waals surface area (Å²) in [6.07, 6.45) is 5.21. The molecule has 138 valence electrons. The first kappa shape index (κ1) is 20.5. The first-order valence-corrected chi connectivity index (χ1v) is 8.31. The van der Waals surface area contributed by atoms with Crippen molar-refractivity contribution in [3.63, 3.8) is 0 Å². The number of benzene rings is 1. The van der Waals surface area contributed by atoms with E-state index in [0.717, 1.165) is 18.4 Å². The van der Waals surface area contributed by atoms with E-state index in [1.54, 1.807) is 43.4 Å². The molecule has 0 spiro atoms. The van der Waals surface area contributed by atoms with Crippen LogP contribution in [-0.4, -0.2) is 51.2 Å². The van der Waals surface area contributed by atoms with Gasteiger partial charge in [0.05, 0.1) is 27.8 Å². The lowest BCUT2D eigenvalue weighted by Gasteiger charge is -2.20. The van der Waals surface area contributed by atoms with Gasteiger partial charge in [-0.3, -0.25) is 9.59 Å². The summed E-state index contributed by atoms with van der Waals surface area (Å²) in [6, 6.07) is 5.38. The van der Waals surface area contributed by atoms with Crippen molar-refractivity contribution in [2.45, 2.75) is 26.2 Å². The van der Waals surface area contributed by atoms with Crippen LogP contribution in [0, 0.1) is 0 Å². The van der Waals surface area contributed by atoms with E-state index in [0.29, 0.717) is 24.6 Å². The normalized spacial score (nSPS) is 10.6. The fourth-order valence-corrected chi connectivity index (χ4v) is 2.25. The zero-order chi connectivity index (χ0) is 18.7. The molecule has 0 saturated carbocycles. The average molecular weight is 349 g/mol. The highest BCUT2D eigenvalue weighted by Gasteiger charge is 2.13. The van der Waals surface area contributed by atoms with Crippen molar-refractivity contribution in [3.05, 3.63) is 29.8 Å². The zero-order valence-electron chi connectivity index (χ0n) is 15.4. The van der Waals surface area contributed by atoms with Crippen LogP contribution in [0.15, 0.2) is 24.3 Å². The quantitative estimate of drug-likeness (QED) is 0.480. The summed E-state index contributed by atoms with van der Waals surface area (Å²) in [4.78, 5) is 25.5. The number of ether oxygens (including phenoxy) is 3. The predicted molar refractivity (Wildman–Crippen MR) is 96.7 cm³/mol. The number of carbonyl (C=O) groups excluding carboxylic acids is 2. The van der Waals surface area contributed by atoms with Crippen LogP contribution in [-0.2, 0) is 14.3 Å². The van der Waals surface area contributed by atoms with Crippen LogP contribution in [0.25, 0.3) is 6.08 Å². The number of amides is 1. The third-order valence-corrected chi connectivity index (χ3v) is 3.75. The molecule has 0 atom stereocenters. The summed E-state index contributed by atoms with van der Waals surface area (Å²) in [7, 11) is 4.50. The summed E-state index contributed by atoms with van der Waals surface area (Å²) in [5.41, 5.74) is 0.749. The number of hydrogen-bond acceptors (Lipinski definition) is 5. The van der Waals surface area contributed by atoms with Crippen molar-refractivity contribution in [3.8, 4) is 11.5 Å². The van der Waals surface area contributed by atoms with Gasteiger partial charge in [0.1, 0.15) is 11.5 Å². The van der Waals surface area contributed by atoms with E-state index in [9.17, 15) is 9.59 Å². The Morgan fingerprint density at radius 2 is 1.88 bits per heavy atom. The number of methoxy groups -OCH3 is 3. The molecule has 6 heteroatoms. The SMILES string of the molecule is CCCCN(CCC(=O)OC)C(=O)/C=C/c1cc(OC)ccc1OC. The minimum absolute atomic E-state index is 0.151. The highest BCUT2D eigenvalue weighted by Crippen LogP contribution is 2.25. The number of rotatable bonds is 10. The lowest BCUT2D eigenvalue weighted by atomic mass is 10.1. The molecule has 0 radical (unpaired) electrons. The van der Waals surface area contributed by atoms with Gasteiger partial charge in [0.15, 0.2) is 0 Å². The number of esters is 1. The molecular weight excluding hydrogens is 322 g/mol. The molecule has 1 aromatic carbocycles. The Balaban J connectivity index is 2.86. The summed E-state index contributed by atoms with van der Waals surface area (Å²) in [5, 5.41) is 0. The Morgan fingerprint density at radius 1 is 1.12 bits per heavy atom. The van der Waals surface area contributed by atoms with Gasteiger partial charge >= 0.3 is 5.97 Å². The molecule has 6 nitrogen and oxygen atoms in total. The van der Waals surface area contributed by atoms with Crippen molar-refractivity contribution in [2.75, 3.05) is 34.4 Å². The standard InChI is InChI=1S/C19H27NO5/c1-5-6-12-20(13-11-19(22)25-4)18(21)10-7-15-14-16(23-2)8-9-17(15)24-3/h7-10,14H,5-6,11-13H2,1-4H3/b10-7+. The smallest absolute Gasteiger partial charge is 0.307 e. The highest BCUT2D eigenvalue weighted by molar-refractivity contribution is 5.92. The molecule has 0 heterocycles. The van der Waals surface area contributed by atoms with Crippen LogP contribution in [0.2, 0.25) is 0 Å². The number of carbonyl (C=O) groups is 2. The molecule has 25 heavy (non-hydrogen) atoms. The van der Waals surface area contributed by atoms with Crippen molar-refractivity contribution in [1.82, 2.24) is 4.90 Å². The first-order chi connectivity index (χ1) is 12.0. The monoisotopic (exact) mass is 349 g/mol. The van der Waals surface area contributed by atoms with E-state index in [4.69, 9.17) is 9.47 Å². The Labute approximate surface area is 149 Å². The third kappa shape index (κ3) is 6.87. The topological polar surface area (TPSA) is 65.1 Å². The Bertz CT molecular complexity index is 597. The van der Waals surface area contributed by atoms with Crippen LogP contribution in [0.3, 0.4) is 0 Å². The van der Waals surface area contributed by atoms with Gasteiger partial charge in [-0.2, -0.15) is 0 Å². The summed E-state index contributed by atoms with van der Waals surface area (Å²) in [6.45, 7) is 3.00. The van der Waals surface area contributed by atoms with Crippen molar-refractivity contribution < 1.29 is 23.8 Å². The van der Waals surface area contributed by atoms with E-state index in [1.165, 1.54) is 13.2 Å². The molecule has 0 aromatic heterocycles. The molecule has 1 aromatic rings. The molecule has 0 N–H and O–H groups in total. The molecule has 1 rings (SSSR count). The van der Waals surface area contributed by atoms with Gasteiger partial charge in [-0.25, -0.2) is 0 Å². The summed E-state index contributed by atoms with van der Waals surface area (Å²) >= 11 is 0. The molecule has 0 unspecified atom stereocenters. The Kier molecular flexibility index (Phi) is 9.14. The van der Waals surface area contributed by atoms with Crippen molar-refractivity contribution >= 4 is 18.0 Å². The molecule has 0 saturated heterocycles. The van der Waals surface area contributed by atoms with Gasteiger partial charge in [0.25, 0.3) is 0 Å². The van der Waals surface area contributed by atoms with Crippen LogP contribution in [0.5, 0.6) is 11.5 Å². The van der Waals surface area contributed by atoms with E-state index < -0.39 is 0 Å². The Morgan fingerprint density at radius 3 is 2.48 bits per heavy atom. The van der Waals surface area contributed by atoms with Crippen LogP contribution >= 0.6 is 0 Å². The van der Waals surface area contributed by atoms with E-state index in [1.807, 2.05) is 0 Å². The molecule has 0 fully saturated rings. The van der Waals surface area contributed by atoms with E-state index in [-0.39, 0.29) is 18.3 Å². The predicted octanol–water partition coefficient (Wildman–Crippen LogP) is 2.91.